The van der Waals surface area contributed by atoms with Crippen LogP contribution in [0.15, 0.2) is 78.9 Å². The highest BCUT2D eigenvalue weighted by molar-refractivity contribution is 6.31. The molecule has 3 aromatic carbocycles. The number of alkyl carbamates (subject to hydrolysis) is 1. The summed E-state index contributed by atoms with van der Waals surface area (Å²) in [7, 11) is 2.59. The first-order valence-electron chi connectivity index (χ1n) is 15.6. The first kappa shape index (κ1) is 39.8. The summed E-state index contributed by atoms with van der Waals surface area (Å²) in [6.45, 7) is -0.737. The second kappa shape index (κ2) is 17.0. The Morgan fingerprint density at radius 2 is 1.69 bits per heavy atom. The molecule has 0 aliphatic rings. The number of amides is 2. The van der Waals surface area contributed by atoms with Crippen LogP contribution in [0.25, 0.3) is 11.3 Å². The summed E-state index contributed by atoms with van der Waals surface area (Å²) < 4.78 is 80.2. The van der Waals surface area contributed by atoms with Crippen LogP contribution in [0.1, 0.15) is 34.1 Å². The number of carbonyl (C=O) groups excluding carboxylic acids is 2. The van der Waals surface area contributed by atoms with Crippen molar-refractivity contribution in [2.45, 2.75) is 30.8 Å². The molecule has 0 radical (unpaired) electrons. The summed E-state index contributed by atoms with van der Waals surface area (Å²) in [6, 6.07) is 18.1. The van der Waals surface area contributed by atoms with E-state index < -0.39 is 47.4 Å². The highest BCUT2D eigenvalue weighted by Gasteiger charge is 2.57. The van der Waals surface area contributed by atoms with Gasteiger partial charge in [0.2, 0.25) is 5.60 Å². The van der Waals surface area contributed by atoms with Crippen molar-refractivity contribution in [3.05, 3.63) is 112 Å². The van der Waals surface area contributed by atoms with Gasteiger partial charge in [-0.3, -0.25) is 4.79 Å². The quantitative estimate of drug-likeness (QED) is 0.109. The van der Waals surface area contributed by atoms with E-state index in [1.54, 1.807) is 30.3 Å². The molecule has 2 atom stereocenters. The molecular formula is C36H36ClF4N3O8. The van der Waals surface area contributed by atoms with E-state index in [-0.39, 0.29) is 65.3 Å². The van der Waals surface area contributed by atoms with Crippen molar-refractivity contribution in [3.8, 4) is 22.8 Å². The lowest BCUT2D eigenvalue weighted by atomic mass is 9.88. The maximum atomic E-state index is 14.9. The van der Waals surface area contributed by atoms with E-state index >= 15 is 0 Å². The molecule has 4 aromatic rings. The summed E-state index contributed by atoms with van der Waals surface area (Å²) in [5.41, 5.74) is -5.97. The number of hydrogen-bond acceptors (Lipinski definition) is 9. The number of halogens is 5. The molecule has 0 fully saturated rings. The number of alkyl halides is 3. The molecule has 0 saturated carbocycles. The Hall–Kier alpha value is -4.96. The van der Waals surface area contributed by atoms with E-state index in [2.05, 4.69) is 15.6 Å². The van der Waals surface area contributed by atoms with Gasteiger partial charge in [-0.2, -0.15) is 13.2 Å². The van der Waals surface area contributed by atoms with Gasteiger partial charge >= 0.3 is 12.3 Å². The molecule has 4 rings (SSSR count). The van der Waals surface area contributed by atoms with Crippen molar-refractivity contribution >= 4 is 23.6 Å². The smallest absolute Gasteiger partial charge is 0.424 e. The van der Waals surface area contributed by atoms with Gasteiger partial charge in [-0.15, -0.1) is 0 Å². The van der Waals surface area contributed by atoms with E-state index in [0.717, 1.165) is 18.2 Å². The number of nitrogens with zero attached hydrogens (tertiary/aromatic N) is 1. The van der Waals surface area contributed by atoms with Crippen molar-refractivity contribution in [3.63, 3.8) is 0 Å². The number of aromatic nitrogens is 1. The lowest BCUT2D eigenvalue weighted by Crippen LogP contribution is -2.52. The molecule has 11 nitrogen and oxygen atoms in total. The summed E-state index contributed by atoms with van der Waals surface area (Å²) >= 11 is 6.00. The zero-order valence-electron chi connectivity index (χ0n) is 28.2. The zero-order valence-corrected chi connectivity index (χ0v) is 29.0. The van der Waals surface area contributed by atoms with E-state index in [1.807, 2.05) is 0 Å². The number of aliphatic hydroxyl groups is 2. The minimum atomic E-state index is -5.43. The first-order chi connectivity index (χ1) is 24.6. The van der Waals surface area contributed by atoms with Gasteiger partial charge in [-0.25, -0.2) is 14.2 Å². The lowest BCUT2D eigenvalue weighted by Gasteiger charge is -2.34. The summed E-state index contributed by atoms with van der Waals surface area (Å²) in [5.74, 6) is -1.57. The normalized spacial score (nSPS) is 13.7. The average Bonchev–Trinajstić information content (AvgIpc) is 3.12. The Bertz CT molecular complexity index is 1870. The molecule has 1 heterocycles. The number of rotatable bonds is 15. The van der Waals surface area contributed by atoms with Crippen molar-refractivity contribution in [1.29, 1.82) is 0 Å². The lowest BCUT2D eigenvalue weighted by molar-refractivity contribution is -0.265. The molecule has 1 aromatic heterocycles. The van der Waals surface area contributed by atoms with Crippen LogP contribution in [0.3, 0.4) is 0 Å². The second-order valence-corrected chi connectivity index (χ2v) is 12.1. The minimum absolute atomic E-state index is 0.0244. The number of hydrogen-bond donors (Lipinski definition) is 4. The Kier molecular flexibility index (Phi) is 13.0. The van der Waals surface area contributed by atoms with Crippen molar-refractivity contribution in [1.82, 2.24) is 15.6 Å². The largest absolute Gasteiger partial charge is 0.493 e. The molecule has 278 valence electrons. The summed E-state index contributed by atoms with van der Waals surface area (Å²) in [5, 5.41) is 24.9. The fourth-order valence-electron chi connectivity index (χ4n) is 5.06. The topological polar surface area (TPSA) is 148 Å². The van der Waals surface area contributed by atoms with E-state index in [0.29, 0.717) is 5.56 Å². The number of nitrogens with one attached hydrogen (secondary N) is 2. The molecule has 0 aliphatic carbocycles. The molecular weight excluding hydrogens is 714 g/mol. The molecule has 0 aliphatic heterocycles. The third-order valence-corrected chi connectivity index (χ3v) is 8.16. The molecule has 52 heavy (non-hydrogen) atoms. The maximum Gasteiger partial charge on any atom is 0.424 e. The van der Waals surface area contributed by atoms with Crippen molar-refractivity contribution < 1.29 is 56.3 Å². The predicted molar refractivity (Wildman–Crippen MR) is 181 cm³/mol. The molecule has 0 saturated heterocycles. The number of aliphatic hydroxyl groups excluding tert-OH is 1. The average molecular weight is 750 g/mol. The Labute approximate surface area is 301 Å². The molecule has 2 amide bonds. The van der Waals surface area contributed by atoms with Gasteiger partial charge in [0.05, 0.1) is 48.8 Å². The number of carbonyl (C=O) groups is 2. The highest BCUT2D eigenvalue weighted by atomic mass is 35.5. The fraction of sp³-hybridized carbons (Fsp3) is 0.306. The Balaban J connectivity index is 1.76. The summed E-state index contributed by atoms with van der Waals surface area (Å²) in [6.07, 6.45) is -6.36. The van der Waals surface area contributed by atoms with Gasteiger partial charge in [0.1, 0.15) is 19.0 Å². The van der Waals surface area contributed by atoms with Crippen LogP contribution < -0.4 is 20.1 Å². The SMILES string of the molecule is COCC(C)(NC(=O)OCc1ccccc1)c1cc(-c2ccc(F)c(Cl)c2)nc(C(O)(CNC(=O)c2ccc(OCCO)c(OC)c2)C(F)(F)F)c1. The van der Waals surface area contributed by atoms with Crippen LogP contribution in [-0.2, 0) is 27.2 Å². The van der Waals surface area contributed by atoms with Crippen molar-refractivity contribution in [2.75, 3.05) is 40.6 Å². The van der Waals surface area contributed by atoms with Gasteiger partial charge in [0, 0.05) is 18.2 Å². The number of ether oxygens (including phenoxy) is 4. The van der Waals surface area contributed by atoms with E-state index in [1.165, 1.54) is 51.5 Å². The van der Waals surface area contributed by atoms with Gasteiger partial charge < -0.3 is 39.8 Å². The standard InChI is InChI=1S/C36H36ClF4N3O8/c1-34(21-49-2,44-33(47)52-19-22-7-5-4-6-8-22)25-17-28(23-9-11-27(38)26(37)15-23)43-31(18-25)35(48,36(39,40)41)20-42-32(46)24-10-12-29(51-14-13-45)30(16-24)50-3/h4-12,15-18,45,48H,13-14,19-21H2,1-3H3,(H,42,46)(H,44,47). The Morgan fingerprint density at radius 3 is 2.33 bits per heavy atom. The van der Waals surface area contributed by atoms with Crippen LogP contribution in [-0.4, -0.2) is 74.0 Å². The van der Waals surface area contributed by atoms with Gasteiger partial charge in [0.15, 0.2) is 11.5 Å². The molecule has 2 unspecified atom stereocenters. The molecule has 0 spiro atoms. The van der Waals surface area contributed by atoms with E-state index in [9.17, 15) is 32.3 Å². The summed E-state index contributed by atoms with van der Waals surface area (Å²) in [4.78, 5) is 30.3. The third-order valence-electron chi connectivity index (χ3n) is 7.87. The fourth-order valence-corrected chi connectivity index (χ4v) is 5.24. The third kappa shape index (κ3) is 9.47. The molecule has 4 N–H and O–H groups in total. The van der Waals surface area contributed by atoms with Crippen LogP contribution in [0.2, 0.25) is 5.02 Å². The molecule has 0 bridgehead atoms. The van der Waals surface area contributed by atoms with Gasteiger partial charge in [0.25, 0.3) is 5.91 Å². The number of benzene rings is 3. The number of pyridine rings is 1. The monoisotopic (exact) mass is 749 g/mol. The van der Waals surface area contributed by atoms with Crippen LogP contribution >= 0.6 is 11.6 Å². The van der Waals surface area contributed by atoms with Crippen LogP contribution in [0.5, 0.6) is 11.5 Å². The Morgan fingerprint density at radius 1 is 0.962 bits per heavy atom. The second-order valence-electron chi connectivity index (χ2n) is 11.7. The van der Waals surface area contributed by atoms with Crippen LogP contribution in [0, 0.1) is 5.82 Å². The minimum Gasteiger partial charge on any atom is -0.493 e. The highest BCUT2D eigenvalue weighted by Crippen LogP contribution is 2.41. The number of methoxy groups -OCH3 is 2. The first-order valence-corrected chi connectivity index (χ1v) is 16.0. The van der Waals surface area contributed by atoms with Crippen molar-refractivity contribution in [2.24, 2.45) is 0 Å². The van der Waals surface area contributed by atoms with Crippen LogP contribution in [0.4, 0.5) is 22.4 Å². The molecule has 16 heteroatoms. The maximum absolute atomic E-state index is 14.9. The van der Waals surface area contributed by atoms with Gasteiger partial charge in [-0.05, 0) is 66.6 Å². The predicted octanol–water partition coefficient (Wildman–Crippen LogP) is 5.89. The van der Waals surface area contributed by atoms with E-state index in [4.69, 9.17) is 35.7 Å². The zero-order chi connectivity index (χ0) is 38.1. The van der Waals surface area contributed by atoms with Gasteiger partial charge in [-0.1, -0.05) is 41.9 Å².